The monoisotopic (exact) mass is 496 g/mol. The van der Waals surface area contributed by atoms with Gasteiger partial charge in [-0.15, -0.1) is 0 Å². The minimum absolute atomic E-state index is 0.0359. The van der Waals surface area contributed by atoms with Gasteiger partial charge in [-0.1, -0.05) is 24.6 Å². The Morgan fingerprint density at radius 2 is 1.86 bits per heavy atom. The highest BCUT2D eigenvalue weighted by molar-refractivity contribution is 6.34. The third-order valence-corrected chi connectivity index (χ3v) is 6.70. The molecule has 3 aromatic carbocycles. The molecule has 3 atom stereocenters. The maximum absolute atomic E-state index is 12.4. The summed E-state index contributed by atoms with van der Waals surface area (Å²) < 4.78 is 5.95. The van der Waals surface area contributed by atoms with E-state index in [-0.39, 0.29) is 51.8 Å². The smallest absolute Gasteiger partial charge is 0.253 e. The molecule has 0 unspecified atom stereocenters. The molecule has 0 amide bonds. The summed E-state index contributed by atoms with van der Waals surface area (Å²) in [6, 6.07) is 8.37. The molecule has 0 bridgehead atoms. The maximum Gasteiger partial charge on any atom is 0.253 e. The van der Waals surface area contributed by atoms with Crippen molar-refractivity contribution in [3.8, 4) is 5.75 Å². The Kier molecular flexibility index (Phi) is 6.08. The van der Waals surface area contributed by atoms with Gasteiger partial charge in [0.15, 0.2) is 5.75 Å². The van der Waals surface area contributed by atoms with E-state index in [1.165, 1.54) is 0 Å². The van der Waals surface area contributed by atoms with E-state index < -0.39 is 10.9 Å². The van der Waals surface area contributed by atoms with E-state index in [1.54, 1.807) is 30.3 Å². The molecule has 4 aromatic rings. The number of nitrogens with zero attached hydrogens (tertiary/aromatic N) is 2. The van der Waals surface area contributed by atoms with Crippen LogP contribution in [0.25, 0.3) is 11.0 Å². The predicted octanol–water partition coefficient (Wildman–Crippen LogP) is 4.16. The van der Waals surface area contributed by atoms with Crippen LogP contribution in [0, 0.1) is 0 Å². The fraction of sp³-hybridized carbons (Fsp3) is 0.333. The number of benzene rings is 2. The molecule has 35 heavy (non-hydrogen) atoms. The number of fused-ring (bicyclic) bond motifs is 1. The lowest BCUT2D eigenvalue weighted by atomic mass is 10.0. The number of para-hydroxylation sites is 1. The number of anilines is 5. The average Bonchev–Trinajstić information content (AvgIpc) is 3.51. The molecule has 0 radical (unpaired) electrons. The standard InChI is InChI=1S/C24H25ClN6O4/c1-3-13(17-10-7-11(2)35-17)26-20-21(24(34)23(20)33)28-16-9-8-12(25)18(22(16)32)27-14-5-4-6-15-19(14)30-31-29-15/h4-6,8-9,11,13,17,26-28,32H,3,7,10H2,1-2H3,(H,29,30,31)/t11-,13-,17-/m1/s1. The van der Waals surface area contributed by atoms with Crippen LogP contribution in [-0.4, -0.2) is 38.8 Å². The molecule has 0 spiro atoms. The third kappa shape index (κ3) is 4.19. The highest BCUT2D eigenvalue weighted by Gasteiger charge is 2.32. The first kappa shape index (κ1) is 23.1. The lowest BCUT2D eigenvalue weighted by Crippen LogP contribution is -2.42. The van der Waals surface area contributed by atoms with Crippen molar-refractivity contribution in [1.82, 2.24) is 15.4 Å². The number of nitrogens with one attached hydrogen (secondary N) is 4. The second kappa shape index (κ2) is 9.20. The van der Waals surface area contributed by atoms with E-state index in [0.717, 1.165) is 19.3 Å². The zero-order valence-electron chi connectivity index (χ0n) is 19.2. The van der Waals surface area contributed by atoms with Gasteiger partial charge >= 0.3 is 0 Å². The van der Waals surface area contributed by atoms with Gasteiger partial charge in [-0.25, -0.2) is 0 Å². The zero-order valence-corrected chi connectivity index (χ0v) is 19.9. The van der Waals surface area contributed by atoms with E-state index in [2.05, 4.69) is 31.4 Å². The normalized spacial score (nSPS) is 18.7. The van der Waals surface area contributed by atoms with Crippen molar-refractivity contribution in [3.63, 3.8) is 0 Å². The van der Waals surface area contributed by atoms with Crippen molar-refractivity contribution < 1.29 is 9.84 Å². The molecule has 1 aliphatic heterocycles. The summed E-state index contributed by atoms with van der Waals surface area (Å²) in [4.78, 5) is 24.8. The number of aromatic amines is 1. The molecule has 182 valence electrons. The van der Waals surface area contributed by atoms with Gasteiger partial charge in [-0.3, -0.25) is 9.59 Å². The first-order chi connectivity index (χ1) is 16.9. The van der Waals surface area contributed by atoms with E-state index in [1.807, 2.05) is 13.8 Å². The van der Waals surface area contributed by atoms with Crippen LogP contribution < -0.4 is 26.8 Å². The summed E-state index contributed by atoms with van der Waals surface area (Å²) in [5.41, 5.74) is 1.29. The van der Waals surface area contributed by atoms with Gasteiger partial charge < -0.3 is 25.8 Å². The predicted molar refractivity (Wildman–Crippen MR) is 136 cm³/mol. The molecular formula is C24H25ClN6O4. The van der Waals surface area contributed by atoms with Gasteiger partial charge in [0.05, 0.1) is 34.6 Å². The number of phenolic OH excluding ortho intramolecular Hbond substituents is 1. The Morgan fingerprint density at radius 3 is 2.60 bits per heavy atom. The summed E-state index contributed by atoms with van der Waals surface area (Å²) in [5, 5.41) is 31.2. The van der Waals surface area contributed by atoms with Gasteiger partial charge in [0, 0.05) is 0 Å². The van der Waals surface area contributed by atoms with Crippen LogP contribution in [0.1, 0.15) is 33.1 Å². The summed E-state index contributed by atoms with van der Waals surface area (Å²) in [6.07, 6.45) is 2.70. The topological polar surface area (TPSA) is 141 Å². The van der Waals surface area contributed by atoms with Crippen molar-refractivity contribution in [3.05, 3.63) is 55.8 Å². The van der Waals surface area contributed by atoms with Crippen molar-refractivity contribution >= 4 is 51.1 Å². The summed E-state index contributed by atoms with van der Waals surface area (Å²) >= 11 is 6.36. The van der Waals surface area contributed by atoms with E-state index in [9.17, 15) is 14.7 Å². The first-order valence-corrected chi connectivity index (χ1v) is 11.9. The van der Waals surface area contributed by atoms with Crippen molar-refractivity contribution in [2.45, 2.75) is 51.4 Å². The Morgan fingerprint density at radius 1 is 1.09 bits per heavy atom. The SMILES string of the molecule is CC[C@@H](Nc1c(Nc2ccc(Cl)c(Nc3cccc4n[nH]nc34)c2O)c(=O)c1=O)[C@H]1CC[C@@H](C)O1. The van der Waals surface area contributed by atoms with Crippen molar-refractivity contribution in [2.24, 2.45) is 0 Å². The molecule has 0 aliphatic carbocycles. The highest BCUT2D eigenvalue weighted by atomic mass is 35.5. The summed E-state index contributed by atoms with van der Waals surface area (Å²) in [5.74, 6) is -0.211. The number of phenols is 1. The van der Waals surface area contributed by atoms with Gasteiger partial charge in [-0.05, 0) is 50.5 Å². The van der Waals surface area contributed by atoms with E-state index >= 15 is 0 Å². The second-order valence-corrected chi connectivity index (χ2v) is 9.10. The van der Waals surface area contributed by atoms with Crippen LogP contribution in [0.2, 0.25) is 5.02 Å². The summed E-state index contributed by atoms with van der Waals surface area (Å²) in [6.45, 7) is 4.02. The number of hydrogen-bond donors (Lipinski definition) is 5. The number of aromatic hydroxyl groups is 1. The van der Waals surface area contributed by atoms with Crippen LogP contribution in [0.3, 0.4) is 0 Å². The van der Waals surface area contributed by atoms with Crippen molar-refractivity contribution in [2.75, 3.05) is 16.0 Å². The Balaban J connectivity index is 1.42. The number of aromatic nitrogens is 3. The molecule has 1 aromatic heterocycles. The number of H-pyrrole nitrogens is 1. The molecule has 5 rings (SSSR count). The fourth-order valence-electron chi connectivity index (χ4n) is 4.45. The Labute approximate surface area is 205 Å². The number of ether oxygens (including phenoxy) is 1. The molecule has 1 fully saturated rings. The van der Waals surface area contributed by atoms with Crippen LogP contribution in [-0.2, 0) is 4.74 Å². The van der Waals surface area contributed by atoms with Gasteiger partial charge in [0.25, 0.3) is 10.9 Å². The molecule has 2 heterocycles. The molecule has 1 saturated heterocycles. The van der Waals surface area contributed by atoms with Gasteiger partial charge in [-0.2, -0.15) is 15.4 Å². The quantitative estimate of drug-likeness (QED) is 0.179. The van der Waals surface area contributed by atoms with Gasteiger partial charge in [0.1, 0.15) is 28.1 Å². The van der Waals surface area contributed by atoms with Gasteiger partial charge in [0.2, 0.25) is 0 Å². The number of halogens is 1. The minimum Gasteiger partial charge on any atom is -0.504 e. The summed E-state index contributed by atoms with van der Waals surface area (Å²) in [7, 11) is 0. The zero-order chi connectivity index (χ0) is 24.7. The van der Waals surface area contributed by atoms with Crippen LogP contribution in [0.4, 0.5) is 28.4 Å². The first-order valence-electron chi connectivity index (χ1n) is 11.5. The lowest BCUT2D eigenvalue weighted by molar-refractivity contribution is 0.0438. The Bertz CT molecular complexity index is 1460. The molecule has 0 saturated carbocycles. The minimum atomic E-state index is -0.653. The fourth-order valence-corrected chi connectivity index (χ4v) is 4.65. The maximum atomic E-state index is 12.4. The average molecular weight is 497 g/mol. The highest BCUT2D eigenvalue weighted by Crippen LogP contribution is 2.42. The van der Waals surface area contributed by atoms with Crippen molar-refractivity contribution in [1.29, 1.82) is 0 Å². The molecule has 5 N–H and O–H groups in total. The number of rotatable bonds is 8. The largest absolute Gasteiger partial charge is 0.504 e. The third-order valence-electron chi connectivity index (χ3n) is 6.39. The van der Waals surface area contributed by atoms with E-state index in [4.69, 9.17) is 16.3 Å². The van der Waals surface area contributed by atoms with Crippen LogP contribution in [0.15, 0.2) is 39.9 Å². The second-order valence-electron chi connectivity index (χ2n) is 8.70. The molecule has 11 heteroatoms. The van der Waals surface area contributed by atoms with E-state index in [0.29, 0.717) is 16.7 Å². The molecular weight excluding hydrogens is 472 g/mol. The van der Waals surface area contributed by atoms with Crippen LogP contribution >= 0.6 is 11.6 Å². The number of hydrogen-bond acceptors (Lipinski definition) is 9. The lowest BCUT2D eigenvalue weighted by Gasteiger charge is -2.26. The van der Waals surface area contributed by atoms with Crippen LogP contribution in [0.5, 0.6) is 5.75 Å². The molecule has 1 aliphatic rings. The molecule has 10 nitrogen and oxygen atoms in total. The Hall–Kier alpha value is -3.63.